The first-order chi connectivity index (χ1) is 4.63. The Labute approximate surface area is 65.7 Å². The number of amides is 1. The van der Waals surface area contributed by atoms with Crippen LogP contribution < -0.4 is 5.32 Å². The van der Waals surface area contributed by atoms with E-state index in [1.807, 2.05) is 13.8 Å². The van der Waals surface area contributed by atoms with Crippen molar-refractivity contribution in [3.63, 3.8) is 0 Å². The average molecular weight is 166 g/mol. The lowest BCUT2D eigenvalue weighted by Crippen LogP contribution is -2.24. The van der Waals surface area contributed by atoms with Crippen molar-refractivity contribution in [2.24, 2.45) is 0 Å². The fourth-order valence-corrected chi connectivity index (χ4v) is 0.261. The van der Waals surface area contributed by atoms with Crippen molar-refractivity contribution in [1.29, 1.82) is 0 Å². The summed E-state index contributed by atoms with van der Waals surface area (Å²) in [6.07, 6.45) is 0. The molecule has 60 valence electrons. The summed E-state index contributed by atoms with van der Waals surface area (Å²) in [6, 6.07) is 0. The van der Waals surface area contributed by atoms with Gasteiger partial charge in [0, 0.05) is 6.92 Å². The van der Waals surface area contributed by atoms with E-state index in [1.165, 1.54) is 6.92 Å². The summed E-state index contributed by atoms with van der Waals surface area (Å²) in [6.45, 7) is 5.23. The van der Waals surface area contributed by atoms with Crippen LogP contribution in [0.15, 0.2) is 0 Å². The van der Waals surface area contributed by atoms with E-state index in [2.05, 4.69) is 5.32 Å². The molecule has 0 atom stereocenters. The molecule has 0 heterocycles. The molecule has 0 aliphatic carbocycles. The summed E-state index contributed by atoms with van der Waals surface area (Å²) in [5.41, 5.74) is 0. The molecule has 1 N–H and O–H groups in total. The Bertz CT molecular complexity index is 100. The number of hydrogen-bond donors (Lipinski definition) is 1. The quantitative estimate of drug-likeness (QED) is 0.619. The highest BCUT2D eigenvalue weighted by Gasteiger charge is 1.94. The number of carbonyl (C=O) groups is 2. The van der Waals surface area contributed by atoms with Crippen LogP contribution in [0.25, 0.3) is 0 Å². The Kier molecular flexibility index (Phi) is 10.2. The second kappa shape index (κ2) is 8.43. The van der Waals surface area contributed by atoms with Gasteiger partial charge >= 0.3 is 0 Å². The number of hydrogen-bond acceptors (Lipinski definition) is 2. The van der Waals surface area contributed by atoms with Gasteiger partial charge in [-0.3, -0.25) is 9.59 Å². The van der Waals surface area contributed by atoms with Crippen molar-refractivity contribution in [2.45, 2.75) is 20.8 Å². The lowest BCUT2D eigenvalue weighted by atomic mass is 10.6. The second-order valence-corrected chi connectivity index (χ2v) is 1.69. The van der Waals surface area contributed by atoms with E-state index in [0.717, 1.165) is 0 Å². The zero-order chi connectivity index (χ0) is 8.57. The first-order valence-electron chi connectivity index (χ1n) is 3.05. The van der Waals surface area contributed by atoms with Crippen molar-refractivity contribution >= 4 is 22.8 Å². The van der Waals surface area contributed by atoms with Gasteiger partial charge in [0.25, 0.3) is 0 Å². The van der Waals surface area contributed by atoms with Gasteiger partial charge in [-0.05, 0) is 11.6 Å². The molecule has 0 aromatic heterocycles. The predicted molar refractivity (Wildman–Crippen MR) is 40.9 cm³/mol. The minimum absolute atomic E-state index is 0.0864. The van der Waals surface area contributed by atoms with Gasteiger partial charge in [-0.15, -0.1) is 0 Å². The molecule has 4 heteroatoms. The summed E-state index contributed by atoms with van der Waals surface area (Å²) < 4.78 is 0. The standard InChI is InChI=1S/C4H6ClNO2.C2H6/c1-3(7)6-2-4(5)8;1-2/h2H2,1H3,(H,6,7);1-2H3. The van der Waals surface area contributed by atoms with Crippen molar-refractivity contribution in [2.75, 3.05) is 6.54 Å². The van der Waals surface area contributed by atoms with E-state index in [0.29, 0.717) is 0 Å². The Balaban J connectivity index is 0. The maximum absolute atomic E-state index is 10.0. The van der Waals surface area contributed by atoms with Gasteiger partial charge in [-0.2, -0.15) is 0 Å². The van der Waals surface area contributed by atoms with Gasteiger partial charge in [-0.25, -0.2) is 0 Å². The second-order valence-electron chi connectivity index (χ2n) is 1.26. The smallest absolute Gasteiger partial charge is 0.240 e. The SMILES string of the molecule is CC.CC(=O)NCC(=O)Cl. The fraction of sp³-hybridized carbons (Fsp3) is 0.667. The third kappa shape index (κ3) is 15.7. The Morgan fingerprint density at radius 3 is 1.90 bits per heavy atom. The topological polar surface area (TPSA) is 46.2 Å². The molecule has 3 nitrogen and oxygen atoms in total. The average Bonchev–Trinajstić information content (AvgIpc) is 1.89. The van der Waals surface area contributed by atoms with E-state index in [1.54, 1.807) is 0 Å². The minimum Gasteiger partial charge on any atom is -0.348 e. The van der Waals surface area contributed by atoms with Crippen LogP contribution >= 0.6 is 11.6 Å². The van der Waals surface area contributed by atoms with E-state index in [-0.39, 0.29) is 12.5 Å². The highest BCUT2D eigenvalue weighted by molar-refractivity contribution is 6.64. The van der Waals surface area contributed by atoms with Crippen molar-refractivity contribution in [1.82, 2.24) is 5.32 Å². The van der Waals surface area contributed by atoms with Crippen LogP contribution in [0.3, 0.4) is 0 Å². The Morgan fingerprint density at radius 2 is 1.80 bits per heavy atom. The minimum atomic E-state index is -0.555. The maximum atomic E-state index is 10.0. The first-order valence-corrected chi connectivity index (χ1v) is 3.43. The lowest BCUT2D eigenvalue weighted by Gasteiger charge is -1.91. The molecule has 0 aromatic carbocycles. The molecule has 0 unspecified atom stereocenters. The third-order valence-electron chi connectivity index (χ3n) is 0.476. The van der Waals surface area contributed by atoms with Gasteiger partial charge in [-0.1, -0.05) is 13.8 Å². The first kappa shape index (κ1) is 12.1. The molecular formula is C6H12ClNO2. The maximum Gasteiger partial charge on any atom is 0.240 e. The van der Waals surface area contributed by atoms with E-state index >= 15 is 0 Å². The van der Waals surface area contributed by atoms with Gasteiger partial charge in [0.1, 0.15) is 0 Å². The summed E-state index contributed by atoms with van der Waals surface area (Å²) in [5.74, 6) is -0.251. The van der Waals surface area contributed by atoms with E-state index in [9.17, 15) is 9.59 Å². The molecule has 0 bridgehead atoms. The van der Waals surface area contributed by atoms with Crippen molar-refractivity contribution in [3.8, 4) is 0 Å². The highest BCUT2D eigenvalue weighted by Crippen LogP contribution is 1.73. The lowest BCUT2D eigenvalue weighted by molar-refractivity contribution is -0.121. The monoisotopic (exact) mass is 165 g/mol. The summed E-state index contributed by atoms with van der Waals surface area (Å²) >= 11 is 4.87. The molecule has 0 aliphatic heterocycles. The van der Waals surface area contributed by atoms with Crippen molar-refractivity contribution in [3.05, 3.63) is 0 Å². The zero-order valence-corrected chi connectivity index (χ0v) is 7.16. The number of carbonyl (C=O) groups excluding carboxylic acids is 2. The summed E-state index contributed by atoms with van der Waals surface area (Å²) in [4.78, 5) is 19.9. The number of nitrogens with one attached hydrogen (secondary N) is 1. The van der Waals surface area contributed by atoms with Crippen LogP contribution in [0, 0.1) is 0 Å². The molecule has 0 spiro atoms. The third-order valence-corrected chi connectivity index (χ3v) is 0.610. The van der Waals surface area contributed by atoms with Crippen LogP contribution in [-0.4, -0.2) is 17.7 Å². The molecule has 1 amide bonds. The molecule has 0 rings (SSSR count). The Morgan fingerprint density at radius 1 is 1.40 bits per heavy atom. The zero-order valence-electron chi connectivity index (χ0n) is 6.40. The van der Waals surface area contributed by atoms with Gasteiger partial charge < -0.3 is 5.32 Å². The molecule has 0 aromatic rings. The Hall–Kier alpha value is -0.570. The molecule has 10 heavy (non-hydrogen) atoms. The van der Waals surface area contributed by atoms with Crippen LogP contribution in [0.2, 0.25) is 0 Å². The normalized spacial score (nSPS) is 7.20. The highest BCUT2D eigenvalue weighted by atomic mass is 35.5. The van der Waals surface area contributed by atoms with Crippen LogP contribution in [0.5, 0.6) is 0 Å². The van der Waals surface area contributed by atoms with Gasteiger partial charge in [0.2, 0.25) is 11.1 Å². The van der Waals surface area contributed by atoms with E-state index in [4.69, 9.17) is 11.6 Å². The van der Waals surface area contributed by atoms with Crippen LogP contribution in [-0.2, 0) is 9.59 Å². The van der Waals surface area contributed by atoms with Gasteiger partial charge in [0.15, 0.2) is 0 Å². The van der Waals surface area contributed by atoms with E-state index < -0.39 is 5.24 Å². The molecule has 0 saturated heterocycles. The molecule has 0 radical (unpaired) electrons. The van der Waals surface area contributed by atoms with Crippen LogP contribution in [0.4, 0.5) is 0 Å². The molecule has 0 aliphatic rings. The predicted octanol–water partition coefficient (Wildman–Crippen LogP) is 0.914. The molecular weight excluding hydrogens is 154 g/mol. The largest absolute Gasteiger partial charge is 0.348 e. The van der Waals surface area contributed by atoms with Crippen LogP contribution in [0.1, 0.15) is 20.8 Å². The van der Waals surface area contributed by atoms with Gasteiger partial charge in [0.05, 0.1) is 6.54 Å². The number of rotatable bonds is 2. The summed E-state index contributed by atoms with van der Waals surface area (Å²) in [5, 5.41) is 1.67. The molecule has 0 saturated carbocycles. The van der Waals surface area contributed by atoms with Crippen molar-refractivity contribution < 1.29 is 9.59 Å². The molecule has 0 fully saturated rings. The summed E-state index contributed by atoms with van der Waals surface area (Å²) in [7, 11) is 0. The number of halogens is 1. The fourth-order valence-electron chi connectivity index (χ4n) is 0.194.